The second kappa shape index (κ2) is 10.3. The molecule has 0 unspecified atom stereocenters. The number of rotatable bonds is 6. The summed E-state index contributed by atoms with van der Waals surface area (Å²) in [6.45, 7) is 1.70. The van der Waals surface area contributed by atoms with E-state index in [1.165, 1.54) is 25.4 Å². The van der Waals surface area contributed by atoms with Crippen LogP contribution in [0.1, 0.15) is 28.9 Å². The van der Waals surface area contributed by atoms with E-state index in [0.29, 0.717) is 38.8 Å². The standard InChI is InChI=1S/C26H22ClN7O5/c1-12-20(23(35)32-19-10-13(24(36)37)8-9-29-19)21(15-7-6-14(38-2)11-16(15)27)33-25(30-12)34-26-31-18-5-3-4-17(28)22(18)39-26/h3-11,21H,28H2,1-2H3,(H,36,37)(H,29,32,35)(H2,30,31,33,34)/t21-/m1/s1. The van der Waals surface area contributed by atoms with Gasteiger partial charge in [0.05, 0.1) is 23.9 Å². The number of hydrogen-bond donors (Lipinski definition) is 5. The summed E-state index contributed by atoms with van der Waals surface area (Å²) in [5, 5.41) is 18.3. The molecule has 12 nitrogen and oxygen atoms in total. The average Bonchev–Trinajstić information content (AvgIpc) is 3.32. The second-order valence-corrected chi connectivity index (χ2v) is 8.87. The summed E-state index contributed by atoms with van der Waals surface area (Å²) >= 11 is 6.59. The molecule has 2 aromatic carbocycles. The summed E-state index contributed by atoms with van der Waals surface area (Å²) < 4.78 is 11.0. The fourth-order valence-electron chi connectivity index (χ4n) is 4.06. The lowest BCUT2D eigenvalue weighted by atomic mass is 9.95. The number of anilines is 3. The number of para-hydroxylation sites is 1. The third-order valence-electron chi connectivity index (χ3n) is 5.91. The van der Waals surface area contributed by atoms with Gasteiger partial charge in [0.15, 0.2) is 5.58 Å². The zero-order valence-electron chi connectivity index (χ0n) is 20.7. The number of aromatic nitrogens is 2. The van der Waals surface area contributed by atoms with Crippen molar-refractivity contribution < 1.29 is 23.8 Å². The molecule has 0 fully saturated rings. The number of nitrogens with one attached hydrogen (secondary N) is 3. The molecule has 5 rings (SSSR count). The number of nitrogens with zero attached hydrogens (tertiary/aromatic N) is 3. The second-order valence-electron chi connectivity index (χ2n) is 8.46. The van der Waals surface area contributed by atoms with E-state index >= 15 is 0 Å². The fraction of sp³-hybridized carbons (Fsp3) is 0.115. The van der Waals surface area contributed by atoms with Crippen LogP contribution in [0.15, 0.2) is 75.4 Å². The van der Waals surface area contributed by atoms with Crippen LogP contribution in [0.2, 0.25) is 5.02 Å². The van der Waals surface area contributed by atoms with Crippen LogP contribution in [0.4, 0.5) is 17.5 Å². The first-order valence-corrected chi connectivity index (χ1v) is 11.9. The molecule has 0 saturated heterocycles. The van der Waals surface area contributed by atoms with Crippen molar-refractivity contribution in [1.29, 1.82) is 0 Å². The van der Waals surface area contributed by atoms with Crippen LogP contribution < -0.4 is 26.4 Å². The van der Waals surface area contributed by atoms with Gasteiger partial charge in [0.2, 0.25) is 5.96 Å². The molecule has 198 valence electrons. The molecule has 1 aliphatic rings. The number of nitrogen functional groups attached to an aromatic ring is 1. The van der Waals surface area contributed by atoms with E-state index in [4.69, 9.17) is 31.5 Å². The molecule has 6 N–H and O–H groups in total. The van der Waals surface area contributed by atoms with E-state index in [0.717, 1.165) is 0 Å². The Morgan fingerprint density at radius 2 is 2.03 bits per heavy atom. The lowest BCUT2D eigenvalue weighted by molar-refractivity contribution is -0.113. The van der Waals surface area contributed by atoms with Crippen LogP contribution >= 0.6 is 11.6 Å². The SMILES string of the molecule is COc1ccc([C@H]2N=C(Nc3nc4cccc(N)c4o3)NC(C)=C2C(=O)Nc2cc(C(=O)O)ccn2)c(Cl)c1. The minimum absolute atomic E-state index is 0.0222. The van der Waals surface area contributed by atoms with Gasteiger partial charge >= 0.3 is 12.0 Å². The molecule has 0 spiro atoms. The van der Waals surface area contributed by atoms with Crippen LogP contribution in [0.5, 0.6) is 5.75 Å². The third-order valence-corrected chi connectivity index (χ3v) is 6.23. The van der Waals surface area contributed by atoms with Crippen LogP contribution in [0.3, 0.4) is 0 Å². The number of fused-ring (bicyclic) bond motifs is 1. The molecule has 39 heavy (non-hydrogen) atoms. The molecule has 1 aliphatic heterocycles. The van der Waals surface area contributed by atoms with Crippen molar-refractivity contribution in [2.75, 3.05) is 23.5 Å². The van der Waals surface area contributed by atoms with E-state index < -0.39 is 17.9 Å². The van der Waals surface area contributed by atoms with Gasteiger partial charge in [0, 0.05) is 22.5 Å². The summed E-state index contributed by atoms with van der Waals surface area (Å²) in [5.41, 5.74) is 8.59. The minimum Gasteiger partial charge on any atom is -0.497 e. The van der Waals surface area contributed by atoms with Gasteiger partial charge in [0.25, 0.3) is 5.91 Å². The van der Waals surface area contributed by atoms with E-state index in [1.807, 2.05) is 0 Å². The maximum Gasteiger partial charge on any atom is 0.335 e. The highest BCUT2D eigenvalue weighted by atomic mass is 35.5. The molecule has 0 saturated carbocycles. The van der Waals surface area contributed by atoms with Gasteiger partial charge in [-0.05, 0) is 43.3 Å². The predicted molar refractivity (Wildman–Crippen MR) is 146 cm³/mol. The highest BCUT2D eigenvalue weighted by Gasteiger charge is 2.31. The van der Waals surface area contributed by atoms with Crippen LogP contribution in [-0.4, -0.2) is 40.0 Å². The number of hydrogen-bond acceptors (Lipinski definition) is 10. The number of carboxylic acids is 1. The number of oxazole rings is 1. The van der Waals surface area contributed by atoms with Crippen LogP contribution in [0, 0.1) is 0 Å². The van der Waals surface area contributed by atoms with Gasteiger partial charge in [-0.15, -0.1) is 0 Å². The predicted octanol–water partition coefficient (Wildman–Crippen LogP) is 4.19. The maximum absolute atomic E-state index is 13.5. The number of carbonyl (C=O) groups excluding carboxylic acids is 1. The van der Waals surface area contributed by atoms with Gasteiger partial charge in [-0.25, -0.2) is 14.8 Å². The van der Waals surface area contributed by atoms with Crippen molar-refractivity contribution in [2.45, 2.75) is 13.0 Å². The number of methoxy groups -OCH3 is 1. The number of aliphatic imine (C=N–C) groups is 1. The number of pyridine rings is 1. The number of nitrogens with two attached hydrogens (primary N) is 1. The van der Waals surface area contributed by atoms with Gasteiger partial charge in [0.1, 0.15) is 23.1 Å². The molecule has 13 heteroatoms. The molecule has 4 aromatic rings. The Hall–Kier alpha value is -5.10. The van der Waals surface area contributed by atoms with Gasteiger partial charge < -0.3 is 30.6 Å². The highest BCUT2D eigenvalue weighted by Crippen LogP contribution is 2.37. The third kappa shape index (κ3) is 5.18. The Morgan fingerprint density at radius 1 is 1.21 bits per heavy atom. The fourth-order valence-corrected chi connectivity index (χ4v) is 4.33. The van der Waals surface area contributed by atoms with Crippen molar-refractivity contribution >= 4 is 58.1 Å². The largest absolute Gasteiger partial charge is 0.497 e. The van der Waals surface area contributed by atoms with E-state index in [1.54, 1.807) is 43.3 Å². The number of allylic oxidation sites excluding steroid dienone is 1. The van der Waals surface area contributed by atoms with E-state index in [9.17, 15) is 14.7 Å². The number of carboxylic acid groups (broad SMARTS) is 1. The lowest BCUT2D eigenvalue weighted by Gasteiger charge is -2.27. The van der Waals surface area contributed by atoms with Crippen molar-refractivity contribution in [3.05, 3.63) is 82.1 Å². The van der Waals surface area contributed by atoms with Crippen molar-refractivity contribution in [2.24, 2.45) is 4.99 Å². The quantitative estimate of drug-likeness (QED) is 0.220. The van der Waals surface area contributed by atoms with Crippen molar-refractivity contribution in [1.82, 2.24) is 15.3 Å². The van der Waals surface area contributed by atoms with Crippen molar-refractivity contribution in [3.8, 4) is 5.75 Å². The summed E-state index contributed by atoms with van der Waals surface area (Å²) in [5.74, 6) is -0.851. The minimum atomic E-state index is -1.15. The monoisotopic (exact) mass is 547 g/mol. The zero-order chi connectivity index (χ0) is 27.7. The zero-order valence-corrected chi connectivity index (χ0v) is 21.4. The topological polar surface area (TPSA) is 177 Å². The summed E-state index contributed by atoms with van der Waals surface area (Å²) in [7, 11) is 1.52. The smallest absolute Gasteiger partial charge is 0.335 e. The Labute approximate surface area is 226 Å². The van der Waals surface area contributed by atoms with E-state index in [-0.39, 0.29) is 28.9 Å². The molecular formula is C26H22ClN7O5. The molecule has 3 heterocycles. The number of aromatic carboxylic acids is 1. The Kier molecular flexibility index (Phi) is 6.77. The molecule has 1 amide bonds. The Bertz CT molecular complexity index is 1680. The van der Waals surface area contributed by atoms with E-state index in [2.05, 4.69) is 25.9 Å². The molecule has 2 aromatic heterocycles. The number of carbonyl (C=O) groups is 2. The molecule has 0 radical (unpaired) electrons. The highest BCUT2D eigenvalue weighted by molar-refractivity contribution is 6.31. The first-order valence-electron chi connectivity index (χ1n) is 11.5. The Morgan fingerprint density at radius 3 is 2.74 bits per heavy atom. The number of guanidine groups is 1. The van der Waals surface area contributed by atoms with Gasteiger partial charge in [-0.1, -0.05) is 23.7 Å². The Balaban J connectivity index is 1.51. The molecule has 1 atom stereocenters. The summed E-state index contributed by atoms with van der Waals surface area (Å²) in [4.78, 5) is 38.0. The number of amides is 1. The first kappa shape index (κ1) is 25.5. The number of benzene rings is 2. The normalized spacial score (nSPS) is 14.9. The van der Waals surface area contributed by atoms with Gasteiger partial charge in [-0.2, -0.15) is 4.98 Å². The average molecular weight is 548 g/mol. The first-order chi connectivity index (χ1) is 18.7. The molecule has 0 aliphatic carbocycles. The molecule has 0 bridgehead atoms. The summed E-state index contributed by atoms with van der Waals surface area (Å²) in [6, 6.07) is 12.1. The van der Waals surface area contributed by atoms with Crippen molar-refractivity contribution in [3.63, 3.8) is 0 Å². The number of halogens is 1. The van der Waals surface area contributed by atoms with Gasteiger partial charge in [-0.3, -0.25) is 10.1 Å². The lowest BCUT2D eigenvalue weighted by Crippen LogP contribution is -2.37. The maximum atomic E-state index is 13.5. The van der Waals surface area contributed by atoms with Crippen LogP contribution in [0.25, 0.3) is 11.1 Å². The number of ether oxygens (including phenoxy) is 1. The molecular weight excluding hydrogens is 526 g/mol. The summed E-state index contributed by atoms with van der Waals surface area (Å²) in [6.07, 6.45) is 1.30. The van der Waals surface area contributed by atoms with Crippen LogP contribution in [-0.2, 0) is 4.79 Å².